The summed E-state index contributed by atoms with van der Waals surface area (Å²) in [6.07, 6.45) is 0.628. The molecule has 0 heterocycles. The van der Waals surface area contributed by atoms with Crippen LogP contribution in [0.15, 0.2) is 0 Å². The van der Waals surface area contributed by atoms with Gasteiger partial charge in [-0.1, -0.05) is 0 Å². The normalized spacial score (nSPS) is 13.0. The van der Waals surface area contributed by atoms with Crippen LogP contribution in [0.1, 0.15) is 13.3 Å². The first-order valence-electron chi connectivity index (χ1n) is 3.24. The number of hydrogen-bond acceptors (Lipinski definition) is 2. The van der Waals surface area contributed by atoms with E-state index in [9.17, 15) is 4.79 Å². The van der Waals surface area contributed by atoms with Crippen molar-refractivity contribution in [3.63, 3.8) is 0 Å². The van der Waals surface area contributed by atoms with Gasteiger partial charge in [-0.15, -0.1) is 0 Å². The van der Waals surface area contributed by atoms with Crippen molar-refractivity contribution in [2.75, 3.05) is 0 Å². The topological polar surface area (TPSA) is 63.3 Å². The van der Waals surface area contributed by atoms with Crippen molar-refractivity contribution in [3.8, 4) is 0 Å². The Morgan fingerprint density at radius 3 is 2.80 bits per heavy atom. The zero-order valence-electron chi connectivity index (χ0n) is 6.04. The van der Waals surface area contributed by atoms with Crippen LogP contribution in [0.2, 0.25) is 10.6 Å². The number of carbonyl (C=O) groups is 1. The van der Waals surface area contributed by atoms with Crippen LogP contribution in [0.5, 0.6) is 0 Å². The van der Waals surface area contributed by atoms with Crippen molar-refractivity contribution in [1.82, 2.24) is 0 Å². The molecule has 60 valence electrons. The van der Waals surface area contributed by atoms with Gasteiger partial charge in [0.1, 0.15) is 0 Å². The average Bonchev–Trinajstić information content (AvgIpc) is 1.88. The third kappa shape index (κ3) is 4.79. The number of hydrogen-bond donors (Lipinski definition) is 2. The van der Waals surface area contributed by atoms with Crippen LogP contribution in [0.3, 0.4) is 0 Å². The molecule has 0 aliphatic rings. The maximum atomic E-state index is 10.2. The minimum atomic E-state index is -0.882. The molecule has 1 atom stereocenters. The molecular formula is C6H13NO2Se. The zero-order chi connectivity index (χ0) is 7.98. The molecule has 0 aliphatic carbocycles. The van der Waals surface area contributed by atoms with Gasteiger partial charge in [0.25, 0.3) is 0 Å². The first-order chi connectivity index (χ1) is 4.68. The van der Waals surface area contributed by atoms with E-state index in [-0.39, 0.29) is 0 Å². The van der Waals surface area contributed by atoms with Gasteiger partial charge in [0, 0.05) is 0 Å². The fraction of sp³-hybridized carbons (Fsp3) is 0.833. The van der Waals surface area contributed by atoms with E-state index in [2.05, 4.69) is 6.92 Å². The summed E-state index contributed by atoms with van der Waals surface area (Å²) in [4.78, 5) is 10.2. The van der Waals surface area contributed by atoms with E-state index in [4.69, 9.17) is 10.8 Å². The van der Waals surface area contributed by atoms with E-state index in [1.54, 1.807) is 0 Å². The summed E-state index contributed by atoms with van der Waals surface area (Å²) in [5, 5.41) is 10.5. The Hall–Kier alpha value is -0.0505. The van der Waals surface area contributed by atoms with E-state index >= 15 is 0 Å². The van der Waals surface area contributed by atoms with E-state index < -0.39 is 12.0 Å². The molecule has 0 saturated heterocycles. The van der Waals surface area contributed by atoms with Gasteiger partial charge in [-0.25, -0.2) is 0 Å². The summed E-state index contributed by atoms with van der Waals surface area (Å²) in [7, 11) is 0. The van der Waals surface area contributed by atoms with Gasteiger partial charge >= 0.3 is 66.6 Å². The molecule has 0 saturated carbocycles. The molecule has 3 nitrogen and oxygen atoms in total. The van der Waals surface area contributed by atoms with Crippen LogP contribution in [0, 0.1) is 0 Å². The SMILES string of the molecule is CC[Se]CCC(N)C(=O)O. The second-order valence-corrected chi connectivity index (χ2v) is 4.85. The number of rotatable bonds is 5. The predicted molar refractivity (Wildman–Crippen MR) is 41.3 cm³/mol. The van der Waals surface area contributed by atoms with Gasteiger partial charge in [-0.05, 0) is 0 Å². The van der Waals surface area contributed by atoms with Crippen LogP contribution in [-0.4, -0.2) is 32.1 Å². The van der Waals surface area contributed by atoms with Crippen LogP contribution < -0.4 is 5.73 Å². The molecule has 3 N–H and O–H groups in total. The molecule has 0 bridgehead atoms. The molecule has 0 spiro atoms. The first-order valence-corrected chi connectivity index (χ1v) is 5.67. The third-order valence-corrected chi connectivity index (χ3v) is 3.05. The number of aliphatic carboxylic acids is 1. The molecule has 0 rings (SSSR count). The summed E-state index contributed by atoms with van der Waals surface area (Å²) in [5.74, 6) is -0.882. The fourth-order valence-corrected chi connectivity index (χ4v) is 1.97. The molecule has 0 aromatic rings. The van der Waals surface area contributed by atoms with E-state index in [0.717, 1.165) is 5.32 Å². The van der Waals surface area contributed by atoms with E-state index in [1.165, 1.54) is 5.32 Å². The molecule has 0 fully saturated rings. The molecule has 10 heavy (non-hydrogen) atoms. The Balaban J connectivity index is 3.21. The van der Waals surface area contributed by atoms with Crippen LogP contribution in [-0.2, 0) is 4.79 Å². The monoisotopic (exact) mass is 211 g/mol. The van der Waals surface area contributed by atoms with Crippen molar-refractivity contribution in [2.24, 2.45) is 5.73 Å². The molecule has 4 heteroatoms. The Morgan fingerprint density at radius 1 is 1.80 bits per heavy atom. The Labute approximate surface area is 67.1 Å². The molecule has 0 aromatic carbocycles. The third-order valence-electron chi connectivity index (χ3n) is 1.09. The number of carboxylic acid groups (broad SMARTS) is 1. The van der Waals surface area contributed by atoms with Crippen molar-refractivity contribution >= 4 is 20.9 Å². The van der Waals surface area contributed by atoms with Gasteiger partial charge < -0.3 is 0 Å². The van der Waals surface area contributed by atoms with Gasteiger partial charge in [-0.2, -0.15) is 0 Å². The minimum absolute atomic E-state index is 0.590. The molecule has 0 amide bonds. The van der Waals surface area contributed by atoms with Crippen LogP contribution >= 0.6 is 0 Å². The first kappa shape index (κ1) is 9.95. The average molecular weight is 210 g/mol. The summed E-state index contributed by atoms with van der Waals surface area (Å²) >= 11 is 0.590. The summed E-state index contributed by atoms with van der Waals surface area (Å²) in [6, 6.07) is -0.645. The fourth-order valence-electron chi connectivity index (χ4n) is 0.478. The van der Waals surface area contributed by atoms with Crippen molar-refractivity contribution in [1.29, 1.82) is 0 Å². The van der Waals surface area contributed by atoms with E-state index in [1.807, 2.05) is 0 Å². The van der Waals surface area contributed by atoms with Crippen molar-refractivity contribution in [3.05, 3.63) is 0 Å². The molecular weight excluding hydrogens is 197 g/mol. The van der Waals surface area contributed by atoms with Crippen LogP contribution in [0.4, 0.5) is 0 Å². The van der Waals surface area contributed by atoms with Crippen LogP contribution in [0.25, 0.3) is 0 Å². The van der Waals surface area contributed by atoms with Gasteiger partial charge in [0.15, 0.2) is 0 Å². The molecule has 0 aliphatic heterocycles. The Bertz CT molecular complexity index is 108. The Kier molecular flexibility index (Phi) is 5.68. The van der Waals surface area contributed by atoms with Gasteiger partial charge in [0.2, 0.25) is 0 Å². The van der Waals surface area contributed by atoms with Crippen molar-refractivity contribution in [2.45, 2.75) is 30.0 Å². The Morgan fingerprint density at radius 2 is 2.40 bits per heavy atom. The van der Waals surface area contributed by atoms with Gasteiger partial charge in [-0.3, -0.25) is 0 Å². The van der Waals surface area contributed by atoms with Gasteiger partial charge in [0.05, 0.1) is 0 Å². The maximum absolute atomic E-state index is 10.2. The second kappa shape index (κ2) is 5.71. The predicted octanol–water partition coefficient (Wildman–Crippen LogP) is 0.349. The van der Waals surface area contributed by atoms with E-state index in [0.29, 0.717) is 21.4 Å². The second-order valence-electron chi connectivity index (χ2n) is 1.93. The quantitative estimate of drug-likeness (QED) is 0.508. The number of carboxylic acids is 1. The van der Waals surface area contributed by atoms with Crippen molar-refractivity contribution < 1.29 is 9.90 Å². The standard InChI is InChI=1S/C6H13NO2Se/c1-2-10-4-3-5(7)6(8)9/h5H,2-4,7H2,1H3,(H,8,9). The molecule has 1 unspecified atom stereocenters. The molecule has 0 aromatic heterocycles. The summed E-state index contributed by atoms with van der Waals surface area (Å²) in [6.45, 7) is 2.10. The summed E-state index contributed by atoms with van der Waals surface area (Å²) < 4.78 is 0. The number of nitrogens with two attached hydrogens (primary N) is 1. The summed E-state index contributed by atoms with van der Waals surface area (Å²) in [5.41, 5.74) is 5.27. The zero-order valence-corrected chi connectivity index (χ0v) is 7.75. The molecule has 0 radical (unpaired) electrons.